The molecule has 41 heavy (non-hydrogen) atoms. The van der Waals surface area contributed by atoms with Crippen molar-refractivity contribution in [2.24, 2.45) is 17.8 Å². The van der Waals surface area contributed by atoms with Crippen molar-refractivity contribution in [1.29, 1.82) is 0 Å². The molecule has 0 spiro atoms. The maximum atomic E-state index is 14.1. The number of amides is 3. The summed E-state index contributed by atoms with van der Waals surface area (Å²) in [6, 6.07) is 6.51. The van der Waals surface area contributed by atoms with Gasteiger partial charge in [-0.3, -0.25) is 14.4 Å². The third kappa shape index (κ3) is 9.83. The fourth-order valence-electron chi connectivity index (χ4n) is 5.19. The van der Waals surface area contributed by atoms with Crippen LogP contribution in [-0.4, -0.2) is 96.3 Å². The number of rotatable bonds is 13. The maximum Gasteiger partial charge on any atom is 0.329 e. The van der Waals surface area contributed by atoms with Crippen molar-refractivity contribution >= 4 is 23.7 Å². The zero-order chi connectivity index (χ0) is 31.8. The third-order valence-electron chi connectivity index (χ3n) is 7.31. The van der Waals surface area contributed by atoms with Gasteiger partial charge in [0.2, 0.25) is 17.7 Å². The van der Waals surface area contributed by atoms with Crippen LogP contribution in [0, 0.1) is 17.8 Å². The fourth-order valence-corrected chi connectivity index (χ4v) is 5.19. The van der Waals surface area contributed by atoms with Gasteiger partial charge in [-0.25, -0.2) is 4.79 Å². The Balaban J connectivity index is 3.41. The Morgan fingerprint density at radius 1 is 0.732 bits per heavy atom. The largest absolute Gasteiger partial charge is 0.458 e. The van der Waals surface area contributed by atoms with E-state index in [0.717, 1.165) is 5.56 Å². The maximum absolute atomic E-state index is 14.1. The van der Waals surface area contributed by atoms with Crippen LogP contribution in [0.5, 0.6) is 0 Å². The summed E-state index contributed by atoms with van der Waals surface area (Å²) in [7, 11) is 6.56. The third-order valence-corrected chi connectivity index (χ3v) is 7.31. The van der Waals surface area contributed by atoms with Gasteiger partial charge in [-0.05, 0) is 51.1 Å². The average molecular weight is 575 g/mol. The SMILES string of the molecule is CN[C@H](C(=O)N(C)[C@H](C(=O)N(C)[C@H](C(=O)N(C)[C@@H](Cc1ccccc1)C(=O)OC(C)(C)C)C(C)C)C(C)C)C(C)C. The van der Waals surface area contributed by atoms with Crippen LogP contribution in [-0.2, 0) is 30.3 Å². The van der Waals surface area contributed by atoms with Crippen LogP contribution in [0.25, 0.3) is 0 Å². The van der Waals surface area contributed by atoms with Crippen LogP contribution in [0.3, 0.4) is 0 Å². The predicted molar refractivity (Wildman–Crippen MR) is 163 cm³/mol. The average Bonchev–Trinajstić information content (AvgIpc) is 2.85. The van der Waals surface area contributed by atoms with Crippen molar-refractivity contribution in [1.82, 2.24) is 20.0 Å². The van der Waals surface area contributed by atoms with Gasteiger partial charge >= 0.3 is 5.97 Å². The number of esters is 1. The summed E-state index contributed by atoms with van der Waals surface area (Å²) in [5.41, 5.74) is 0.154. The van der Waals surface area contributed by atoms with Crippen LogP contribution in [0.4, 0.5) is 0 Å². The lowest BCUT2D eigenvalue weighted by molar-refractivity contribution is -0.166. The molecular formula is C32H54N4O5. The molecule has 1 aromatic carbocycles. The van der Waals surface area contributed by atoms with Gasteiger partial charge in [0.15, 0.2) is 0 Å². The molecule has 0 aliphatic carbocycles. The molecule has 3 amide bonds. The monoisotopic (exact) mass is 574 g/mol. The smallest absolute Gasteiger partial charge is 0.329 e. The Kier molecular flexibility index (Phi) is 13.5. The number of hydrogen-bond donors (Lipinski definition) is 1. The number of hydrogen-bond acceptors (Lipinski definition) is 6. The van der Waals surface area contributed by atoms with Gasteiger partial charge in [0.1, 0.15) is 23.7 Å². The molecule has 232 valence electrons. The summed E-state index contributed by atoms with van der Waals surface area (Å²) in [5.74, 6) is -1.81. The molecule has 0 aliphatic rings. The minimum Gasteiger partial charge on any atom is -0.458 e. The zero-order valence-corrected chi connectivity index (χ0v) is 27.5. The molecule has 0 heterocycles. The van der Waals surface area contributed by atoms with Crippen molar-refractivity contribution in [2.45, 2.75) is 98.5 Å². The Morgan fingerprint density at radius 2 is 1.17 bits per heavy atom. The highest BCUT2D eigenvalue weighted by atomic mass is 16.6. The van der Waals surface area contributed by atoms with Crippen molar-refractivity contribution in [3.63, 3.8) is 0 Å². The second-order valence-corrected chi connectivity index (χ2v) is 13.0. The summed E-state index contributed by atoms with van der Waals surface area (Å²) in [5, 5.41) is 3.06. The lowest BCUT2D eigenvalue weighted by atomic mass is 9.95. The first kappa shape index (κ1) is 36.1. The first-order valence-corrected chi connectivity index (χ1v) is 14.6. The van der Waals surface area contributed by atoms with E-state index in [2.05, 4.69) is 5.32 Å². The van der Waals surface area contributed by atoms with Crippen LogP contribution in [0.1, 0.15) is 67.9 Å². The quantitative estimate of drug-likeness (QED) is 0.362. The van der Waals surface area contributed by atoms with Crippen LogP contribution in [0.2, 0.25) is 0 Å². The number of ether oxygens (including phenoxy) is 1. The van der Waals surface area contributed by atoms with E-state index in [1.807, 2.05) is 71.9 Å². The molecule has 0 bridgehead atoms. The molecule has 9 heteroatoms. The first-order chi connectivity index (χ1) is 18.8. The van der Waals surface area contributed by atoms with Gasteiger partial charge in [0, 0.05) is 27.6 Å². The van der Waals surface area contributed by atoms with E-state index in [0.29, 0.717) is 0 Å². The minimum absolute atomic E-state index is 0.0311. The van der Waals surface area contributed by atoms with E-state index < -0.39 is 35.7 Å². The second-order valence-electron chi connectivity index (χ2n) is 13.0. The van der Waals surface area contributed by atoms with Gasteiger partial charge in [-0.1, -0.05) is 71.9 Å². The number of likely N-dealkylation sites (N-methyl/N-ethyl adjacent to an activating group) is 4. The summed E-state index contributed by atoms with van der Waals surface area (Å²) < 4.78 is 5.71. The van der Waals surface area contributed by atoms with Gasteiger partial charge in [0.05, 0.1) is 6.04 Å². The highest BCUT2D eigenvalue weighted by Crippen LogP contribution is 2.22. The lowest BCUT2D eigenvalue weighted by Gasteiger charge is -2.40. The van der Waals surface area contributed by atoms with Crippen molar-refractivity contribution in [3.05, 3.63) is 35.9 Å². The molecule has 4 atom stereocenters. The van der Waals surface area contributed by atoms with E-state index in [9.17, 15) is 19.2 Å². The Bertz CT molecular complexity index is 1020. The summed E-state index contributed by atoms with van der Waals surface area (Å²) in [6.45, 7) is 16.8. The minimum atomic E-state index is -0.888. The highest BCUT2D eigenvalue weighted by molar-refractivity contribution is 5.94. The molecule has 0 saturated heterocycles. The molecule has 1 N–H and O–H groups in total. The second kappa shape index (κ2) is 15.3. The zero-order valence-electron chi connectivity index (χ0n) is 27.5. The molecule has 0 saturated carbocycles. The molecule has 0 fully saturated rings. The number of benzene rings is 1. The summed E-state index contributed by atoms with van der Waals surface area (Å²) >= 11 is 0. The molecule has 9 nitrogen and oxygen atoms in total. The van der Waals surface area contributed by atoms with E-state index in [4.69, 9.17) is 4.74 Å². The van der Waals surface area contributed by atoms with Gasteiger partial charge in [-0.15, -0.1) is 0 Å². The van der Waals surface area contributed by atoms with Crippen LogP contribution in [0.15, 0.2) is 30.3 Å². The summed E-state index contributed by atoms with van der Waals surface area (Å²) in [6.07, 6.45) is 0.271. The van der Waals surface area contributed by atoms with Crippen LogP contribution >= 0.6 is 0 Å². The van der Waals surface area contributed by atoms with Crippen molar-refractivity contribution in [3.8, 4) is 0 Å². The number of carbonyl (C=O) groups excluding carboxylic acids is 4. The van der Waals surface area contributed by atoms with E-state index in [1.165, 1.54) is 14.7 Å². The Hall–Kier alpha value is -2.94. The number of carbonyl (C=O) groups is 4. The fraction of sp³-hybridized carbons (Fsp3) is 0.688. The number of nitrogens with one attached hydrogen (secondary N) is 1. The van der Waals surface area contributed by atoms with Gasteiger partial charge in [0.25, 0.3) is 0 Å². The van der Waals surface area contributed by atoms with E-state index in [-0.39, 0.29) is 41.9 Å². The lowest BCUT2D eigenvalue weighted by Crippen LogP contribution is -2.61. The molecule has 1 aromatic rings. The normalized spacial score (nSPS) is 14.8. The first-order valence-electron chi connectivity index (χ1n) is 14.6. The standard InChI is InChI=1S/C32H54N4O5/c1-20(2)25(33-10)28(37)35(12)27(22(5)6)30(39)36(13)26(21(3)4)29(38)34(11)24(31(40)41-32(7,8)9)19-23-17-15-14-16-18-23/h14-18,20-22,24-27,33H,19H2,1-13H3/t24-,25-,26-,27-/m0/s1. The molecule has 0 aromatic heterocycles. The highest BCUT2D eigenvalue weighted by Gasteiger charge is 2.42. The Morgan fingerprint density at radius 3 is 1.56 bits per heavy atom. The van der Waals surface area contributed by atoms with Gasteiger partial charge in [-0.2, -0.15) is 0 Å². The van der Waals surface area contributed by atoms with Crippen LogP contribution < -0.4 is 5.32 Å². The Labute approximate surface area is 248 Å². The van der Waals surface area contributed by atoms with E-state index in [1.54, 1.807) is 49.0 Å². The summed E-state index contributed by atoms with van der Waals surface area (Å²) in [4.78, 5) is 59.2. The molecular weight excluding hydrogens is 520 g/mol. The van der Waals surface area contributed by atoms with Crippen molar-refractivity contribution in [2.75, 3.05) is 28.2 Å². The van der Waals surface area contributed by atoms with E-state index >= 15 is 0 Å². The topological polar surface area (TPSA) is 99.3 Å². The molecule has 0 aliphatic heterocycles. The van der Waals surface area contributed by atoms with Gasteiger partial charge < -0.3 is 24.8 Å². The molecule has 0 unspecified atom stereocenters. The number of nitrogens with zero attached hydrogens (tertiary/aromatic N) is 3. The predicted octanol–water partition coefficient (Wildman–Crippen LogP) is 3.61. The van der Waals surface area contributed by atoms with Crippen molar-refractivity contribution < 1.29 is 23.9 Å². The molecule has 1 rings (SSSR count). The molecule has 0 radical (unpaired) electrons.